The summed E-state index contributed by atoms with van der Waals surface area (Å²) in [6, 6.07) is 16.5. The smallest absolute Gasteiger partial charge is 0.298 e. The maximum Gasteiger partial charge on any atom is 0.298 e. The highest BCUT2D eigenvalue weighted by atomic mass is 16.5. The second kappa shape index (κ2) is 8.36. The second-order valence-electron chi connectivity index (χ2n) is 7.83. The number of rotatable bonds is 4. The van der Waals surface area contributed by atoms with Crippen molar-refractivity contribution in [3.63, 3.8) is 0 Å². The summed E-state index contributed by atoms with van der Waals surface area (Å²) in [5, 5.41) is 3.17. The molecule has 1 N–H and O–H groups in total. The summed E-state index contributed by atoms with van der Waals surface area (Å²) in [5.41, 5.74) is 3.61. The molecule has 0 unspecified atom stereocenters. The molecule has 2 aliphatic rings. The van der Waals surface area contributed by atoms with Crippen LogP contribution < -0.4 is 15.1 Å². The third kappa shape index (κ3) is 3.85. The van der Waals surface area contributed by atoms with Crippen molar-refractivity contribution in [3.8, 4) is 0 Å². The lowest BCUT2D eigenvalue weighted by atomic mass is 9.96. The van der Waals surface area contributed by atoms with Crippen molar-refractivity contribution < 1.29 is 13.9 Å². The summed E-state index contributed by atoms with van der Waals surface area (Å²) in [6.07, 6.45) is 1.56. The zero-order valence-corrected chi connectivity index (χ0v) is 16.9. The van der Waals surface area contributed by atoms with Crippen LogP contribution in [0.25, 0.3) is 11.1 Å². The predicted octanol–water partition coefficient (Wildman–Crippen LogP) is 3.52. The fraction of sp³-hybridized carbons (Fsp3) is 0.391. The number of nitrogens with zero attached hydrogens (tertiary/aromatic N) is 3. The quantitative estimate of drug-likeness (QED) is 0.715. The molecule has 0 aliphatic carbocycles. The van der Waals surface area contributed by atoms with Gasteiger partial charge < -0.3 is 24.3 Å². The van der Waals surface area contributed by atoms with Gasteiger partial charge in [0.1, 0.15) is 5.52 Å². The van der Waals surface area contributed by atoms with Gasteiger partial charge in [-0.2, -0.15) is 4.98 Å². The molecule has 2 aliphatic heterocycles. The predicted molar refractivity (Wildman–Crippen MR) is 117 cm³/mol. The lowest BCUT2D eigenvalue weighted by Crippen LogP contribution is -2.39. The molecular weight excluding hydrogens is 380 g/mol. The van der Waals surface area contributed by atoms with Crippen LogP contribution in [-0.2, 0) is 9.53 Å². The van der Waals surface area contributed by atoms with Crippen molar-refractivity contribution in [1.82, 2.24) is 4.98 Å². The number of hydrogen-bond donors (Lipinski definition) is 1. The number of anilines is 3. The molecule has 0 saturated carbocycles. The van der Waals surface area contributed by atoms with E-state index in [4.69, 9.17) is 9.15 Å². The van der Waals surface area contributed by atoms with Crippen LogP contribution in [0.5, 0.6) is 0 Å². The van der Waals surface area contributed by atoms with E-state index in [1.54, 1.807) is 0 Å². The zero-order chi connectivity index (χ0) is 20.3. The molecule has 1 aromatic heterocycles. The largest absolute Gasteiger partial charge is 0.423 e. The van der Waals surface area contributed by atoms with Crippen molar-refractivity contribution in [3.05, 3.63) is 48.5 Å². The Bertz CT molecular complexity index is 987. The summed E-state index contributed by atoms with van der Waals surface area (Å²) in [7, 11) is 0. The van der Waals surface area contributed by atoms with Gasteiger partial charge >= 0.3 is 0 Å². The van der Waals surface area contributed by atoms with Crippen LogP contribution in [-0.4, -0.2) is 50.3 Å². The fourth-order valence-electron chi connectivity index (χ4n) is 4.22. The average Bonchev–Trinajstić information content (AvgIpc) is 3.24. The standard InChI is InChI=1S/C23H26N4O3/c28-22(24-18-5-1-3-7-20(18)26-13-15-29-16-14-26)17-9-11-27(12-10-17)23-25-19-6-2-4-8-21(19)30-23/h1-8,17H,9-16H2,(H,24,28). The number of morpholine rings is 1. The number of oxazole rings is 1. The molecule has 2 saturated heterocycles. The Morgan fingerprint density at radius 1 is 0.933 bits per heavy atom. The molecule has 156 valence electrons. The lowest BCUT2D eigenvalue weighted by Gasteiger charge is -2.32. The number of piperidine rings is 1. The van der Waals surface area contributed by atoms with E-state index >= 15 is 0 Å². The first-order valence-electron chi connectivity index (χ1n) is 10.6. The number of ether oxygens (including phenoxy) is 1. The van der Waals surface area contributed by atoms with E-state index in [0.717, 1.165) is 74.7 Å². The van der Waals surface area contributed by atoms with Crippen LogP contribution in [0, 0.1) is 5.92 Å². The molecule has 2 aromatic carbocycles. The number of amides is 1. The van der Waals surface area contributed by atoms with E-state index in [1.165, 1.54) is 0 Å². The fourth-order valence-corrected chi connectivity index (χ4v) is 4.22. The lowest BCUT2D eigenvalue weighted by molar-refractivity contribution is -0.120. The zero-order valence-electron chi connectivity index (χ0n) is 16.9. The highest BCUT2D eigenvalue weighted by Gasteiger charge is 2.28. The number of nitrogens with one attached hydrogen (secondary N) is 1. The van der Waals surface area contributed by atoms with Gasteiger partial charge in [0.2, 0.25) is 5.91 Å². The van der Waals surface area contributed by atoms with E-state index in [-0.39, 0.29) is 11.8 Å². The Morgan fingerprint density at radius 2 is 1.67 bits per heavy atom. The Kier molecular flexibility index (Phi) is 5.27. The maximum absolute atomic E-state index is 13.0. The topological polar surface area (TPSA) is 70.8 Å². The average molecular weight is 406 g/mol. The number of benzene rings is 2. The molecule has 7 heteroatoms. The van der Waals surface area contributed by atoms with E-state index in [9.17, 15) is 4.79 Å². The van der Waals surface area contributed by atoms with Gasteiger partial charge in [-0.05, 0) is 37.1 Å². The number of aromatic nitrogens is 1. The summed E-state index contributed by atoms with van der Waals surface area (Å²) in [6.45, 7) is 4.64. The van der Waals surface area contributed by atoms with Gasteiger partial charge in [-0.15, -0.1) is 0 Å². The first-order chi connectivity index (χ1) is 14.8. The Morgan fingerprint density at radius 3 is 2.47 bits per heavy atom. The molecule has 3 heterocycles. The van der Waals surface area contributed by atoms with Gasteiger partial charge in [0, 0.05) is 32.1 Å². The molecule has 30 heavy (non-hydrogen) atoms. The molecule has 0 spiro atoms. The van der Waals surface area contributed by atoms with E-state index in [2.05, 4.69) is 26.2 Å². The highest BCUT2D eigenvalue weighted by molar-refractivity contribution is 5.96. The molecule has 3 aromatic rings. The second-order valence-corrected chi connectivity index (χ2v) is 7.83. The first-order valence-corrected chi connectivity index (χ1v) is 10.6. The molecule has 0 radical (unpaired) electrons. The third-order valence-corrected chi connectivity index (χ3v) is 5.93. The van der Waals surface area contributed by atoms with Crippen molar-refractivity contribution >= 4 is 34.4 Å². The van der Waals surface area contributed by atoms with Crippen LogP contribution in [0.15, 0.2) is 52.9 Å². The maximum atomic E-state index is 13.0. The van der Waals surface area contributed by atoms with Gasteiger partial charge in [0.05, 0.1) is 24.6 Å². The highest BCUT2D eigenvalue weighted by Crippen LogP contribution is 2.30. The molecule has 7 nitrogen and oxygen atoms in total. The normalized spacial score (nSPS) is 18.0. The molecule has 1 amide bonds. The molecular formula is C23H26N4O3. The van der Waals surface area contributed by atoms with E-state index in [1.807, 2.05) is 42.5 Å². The summed E-state index contributed by atoms with van der Waals surface area (Å²) in [4.78, 5) is 22.0. The van der Waals surface area contributed by atoms with Crippen LogP contribution in [0.3, 0.4) is 0 Å². The van der Waals surface area contributed by atoms with Gasteiger partial charge in [-0.3, -0.25) is 4.79 Å². The van der Waals surface area contributed by atoms with Crippen molar-refractivity contribution in [2.45, 2.75) is 12.8 Å². The molecule has 0 atom stereocenters. The third-order valence-electron chi connectivity index (χ3n) is 5.93. The van der Waals surface area contributed by atoms with Crippen LogP contribution in [0.1, 0.15) is 12.8 Å². The van der Waals surface area contributed by atoms with Crippen molar-refractivity contribution in [2.24, 2.45) is 5.92 Å². The number of carbonyl (C=O) groups is 1. The minimum atomic E-state index is -0.0108. The van der Waals surface area contributed by atoms with E-state index in [0.29, 0.717) is 6.01 Å². The number of carbonyl (C=O) groups excluding carboxylic acids is 1. The number of para-hydroxylation sites is 4. The Labute approximate surface area is 175 Å². The SMILES string of the molecule is O=C(Nc1ccccc1N1CCOCC1)C1CCN(c2nc3ccccc3o2)CC1. The number of hydrogen-bond acceptors (Lipinski definition) is 6. The van der Waals surface area contributed by atoms with Crippen LogP contribution in [0.4, 0.5) is 17.4 Å². The van der Waals surface area contributed by atoms with Crippen LogP contribution >= 0.6 is 0 Å². The molecule has 0 bridgehead atoms. The number of fused-ring (bicyclic) bond motifs is 1. The first kappa shape index (κ1) is 18.9. The summed E-state index contributed by atoms with van der Waals surface area (Å²) >= 11 is 0. The molecule has 2 fully saturated rings. The molecule has 5 rings (SSSR count). The van der Waals surface area contributed by atoms with Crippen LogP contribution in [0.2, 0.25) is 0 Å². The minimum absolute atomic E-state index is 0.0108. The van der Waals surface area contributed by atoms with Crippen molar-refractivity contribution in [1.29, 1.82) is 0 Å². The minimum Gasteiger partial charge on any atom is -0.423 e. The van der Waals surface area contributed by atoms with Crippen molar-refractivity contribution in [2.75, 3.05) is 54.5 Å². The summed E-state index contributed by atoms with van der Waals surface area (Å²) in [5.74, 6) is 0.0799. The Balaban J connectivity index is 1.22. The Hall–Kier alpha value is -3.06. The monoisotopic (exact) mass is 406 g/mol. The van der Waals surface area contributed by atoms with Gasteiger partial charge in [-0.1, -0.05) is 24.3 Å². The van der Waals surface area contributed by atoms with Gasteiger partial charge in [-0.25, -0.2) is 0 Å². The van der Waals surface area contributed by atoms with E-state index < -0.39 is 0 Å². The van der Waals surface area contributed by atoms with Gasteiger partial charge in [0.15, 0.2) is 5.58 Å². The van der Waals surface area contributed by atoms with Gasteiger partial charge in [0.25, 0.3) is 6.01 Å². The summed E-state index contributed by atoms with van der Waals surface area (Å²) < 4.78 is 11.3.